The minimum atomic E-state index is -0.797. The molecule has 1 N–H and O–H groups in total. The Morgan fingerprint density at radius 1 is 1.35 bits per heavy atom. The Labute approximate surface area is 119 Å². The van der Waals surface area contributed by atoms with E-state index in [1.165, 1.54) is 5.56 Å². The highest BCUT2D eigenvalue weighted by Crippen LogP contribution is 2.19. The number of carboxylic acid groups (broad SMARTS) is 1. The van der Waals surface area contributed by atoms with Crippen molar-refractivity contribution < 1.29 is 14.7 Å². The van der Waals surface area contributed by atoms with Crippen molar-refractivity contribution in [3.05, 3.63) is 34.9 Å². The van der Waals surface area contributed by atoms with Crippen molar-refractivity contribution in [3.8, 4) is 0 Å². The quantitative estimate of drug-likeness (QED) is 0.919. The fourth-order valence-electron chi connectivity index (χ4n) is 2.72. The van der Waals surface area contributed by atoms with Gasteiger partial charge in [-0.1, -0.05) is 23.8 Å². The van der Waals surface area contributed by atoms with E-state index in [9.17, 15) is 9.59 Å². The lowest BCUT2D eigenvalue weighted by Gasteiger charge is -2.31. The second kappa shape index (κ2) is 6.07. The summed E-state index contributed by atoms with van der Waals surface area (Å²) in [6.07, 6.45) is 1.80. The molecule has 0 aliphatic carbocycles. The van der Waals surface area contributed by atoms with Crippen LogP contribution in [-0.4, -0.2) is 35.0 Å². The maximum atomic E-state index is 12.3. The standard InChI is InChI=1S/C16H21NO3/c1-11-5-6-13(12(2)8-11)9-15(18)17-7-3-4-14(10-17)16(19)20/h5-6,8,14H,3-4,7,9-10H2,1-2H3,(H,19,20). The van der Waals surface area contributed by atoms with Gasteiger partial charge < -0.3 is 10.0 Å². The summed E-state index contributed by atoms with van der Waals surface area (Å²) in [5, 5.41) is 9.06. The van der Waals surface area contributed by atoms with Gasteiger partial charge in [0.15, 0.2) is 0 Å². The van der Waals surface area contributed by atoms with Crippen LogP contribution in [0.15, 0.2) is 18.2 Å². The van der Waals surface area contributed by atoms with Gasteiger partial charge in [0, 0.05) is 13.1 Å². The van der Waals surface area contributed by atoms with Crippen molar-refractivity contribution in [2.75, 3.05) is 13.1 Å². The molecule has 1 aliphatic heterocycles. The number of aliphatic carboxylic acids is 1. The van der Waals surface area contributed by atoms with Crippen molar-refractivity contribution in [1.82, 2.24) is 4.90 Å². The topological polar surface area (TPSA) is 57.6 Å². The van der Waals surface area contributed by atoms with Gasteiger partial charge in [-0.3, -0.25) is 9.59 Å². The van der Waals surface area contributed by atoms with Crippen LogP contribution in [-0.2, 0) is 16.0 Å². The highest BCUT2D eigenvalue weighted by Gasteiger charge is 2.28. The molecule has 108 valence electrons. The number of carboxylic acids is 1. The summed E-state index contributed by atoms with van der Waals surface area (Å²) in [5.41, 5.74) is 3.32. The zero-order chi connectivity index (χ0) is 14.7. The van der Waals surface area contributed by atoms with Gasteiger partial charge in [-0.25, -0.2) is 0 Å². The van der Waals surface area contributed by atoms with E-state index in [4.69, 9.17) is 5.11 Å². The molecule has 4 nitrogen and oxygen atoms in total. The fraction of sp³-hybridized carbons (Fsp3) is 0.500. The van der Waals surface area contributed by atoms with Crippen LogP contribution in [0.1, 0.15) is 29.5 Å². The molecule has 1 amide bonds. The SMILES string of the molecule is Cc1ccc(CC(=O)N2CCCC(C(=O)O)C2)c(C)c1. The number of amides is 1. The predicted molar refractivity (Wildman–Crippen MR) is 76.6 cm³/mol. The first-order valence-corrected chi connectivity index (χ1v) is 7.04. The number of piperidine rings is 1. The summed E-state index contributed by atoms with van der Waals surface area (Å²) in [4.78, 5) is 25.0. The molecule has 4 heteroatoms. The Bertz CT molecular complexity index is 524. The number of hydrogen-bond donors (Lipinski definition) is 1. The maximum Gasteiger partial charge on any atom is 0.308 e. The van der Waals surface area contributed by atoms with E-state index in [0.717, 1.165) is 17.5 Å². The second-order valence-electron chi connectivity index (χ2n) is 5.62. The Morgan fingerprint density at radius 3 is 2.75 bits per heavy atom. The molecule has 1 heterocycles. The number of carbonyl (C=O) groups is 2. The van der Waals surface area contributed by atoms with Gasteiger partial charge in [0.1, 0.15) is 0 Å². The molecule has 1 aromatic carbocycles. The van der Waals surface area contributed by atoms with Gasteiger partial charge in [-0.15, -0.1) is 0 Å². The summed E-state index contributed by atoms with van der Waals surface area (Å²) >= 11 is 0. The number of rotatable bonds is 3. The van der Waals surface area contributed by atoms with E-state index >= 15 is 0 Å². The Balaban J connectivity index is 2.02. The number of benzene rings is 1. The molecule has 20 heavy (non-hydrogen) atoms. The lowest BCUT2D eigenvalue weighted by atomic mass is 9.97. The second-order valence-corrected chi connectivity index (χ2v) is 5.62. The van der Waals surface area contributed by atoms with Crippen LogP contribution < -0.4 is 0 Å². The molecular weight excluding hydrogens is 254 g/mol. The van der Waals surface area contributed by atoms with E-state index in [1.54, 1.807) is 4.90 Å². The Morgan fingerprint density at radius 2 is 2.10 bits per heavy atom. The van der Waals surface area contributed by atoms with Crippen molar-refractivity contribution in [2.24, 2.45) is 5.92 Å². The molecule has 1 unspecified atom stereocenters. The van der Waals surface area contributed by atoms with Crippen molar-refractivity contribution in [2.45, 2.75) is 33.1 Å². The average molecular weight is 275 g/mol. The molecule has 2 rings (SSSR count). The van der Waals surface area contributed by atoms with E-state index < -0.39 is 11.9 Å². The minimum Gasteiger partial charge on any atom is -0.481 e. The summed E-state index contributed by atoms with van der Waals surface area (Å²) in [7, 11) is 0. The van der Waals surface area contributed by atoms with Crippen LogP contribution in [0.25, 0.3) is 0 Å². The predicted octanol–water partition coefficient (Wildman–Crippen LogP) is 2.17. The van der Waals surface area contributed by atoms with E-state index in [1.807, 2.05) is 26.0 Å². The Hall–Kier alpha value is -1.84. The molecule has 0 radical (unpaired) electrons. The minimum absolute atomic E-state index is 0.0305. The number of aryl methyl sites for hydroxylation is 2. The lowest BCUT2D eigenvalue weighted by Crippen LogP contribution is -2.43. The van der Waals surface area contributed by atoms with Crippen LogP contribution in [0.5, 0.6) is 0 Å². The molecule has 0 bridgehead atoms. The molecule has 0 saturated carbocycles. The molecule has 1 aliphatic rings. The fourth-order valence-corrected chi connectivity index (χ4v) is 2.72. The largest absolute Gasteiger partial charge is 0.481 e. The maximum absolute atomic E-state index is 12.3. The molecule has 1 atom stereocenters. The number of nitrogens with zero attached hydrogens (tertiary/aromatic N) is 1. The number of hydrogen-bond acceptors (Lipinski definition) is 2. The lowest BCUT2D eigenvalue weighted by molar-refractivity contribution is -0.145. The van der Waals surface area contributed by atoms with Gasteiger partial charge in [0.25, 0.3) is 0 Å². The van der Waals surface area contributed by atoms with Crippen LogP contribution in [0, 0.1) is 19.8 Å². The van der Waals surface area contributed by atoms with Crippen LogP contribution in [0.3, 0.4) is 0 Å². The summed E-state index contributed by atoms with van der Waals surface area (Å²) in [5.74, 6) is -1.18. The van der Waals surface area contributed by atoms with Crippen LogP contribution >= 0.6 is 0 Å². The van der Waals surface area contributed by atoms with Crippen molar-refractivity contribution in [3.63, 3.8) is 0 Å². The van der Waals surface area contributed by atoms with Crippen molar-refractivity contribution >= 4 is 11.9 Å². The number of likely N-dealkylation sites (tertiary alicyclic amines) is 1. The molecular formula is C16H21NO3. The van der Waals surface area contributed by atoms with Gasteiger partial charge in [-0.2, -0.15) is 0 Å². The monoisotopic (exact) mass is 275 g/mol. The Kier molecular flexibility index (Phi) is 4.42. The number of carbonyl (C=O) groups excluding carboxylic acids is 1. The molecule has 1 aromatic rings. The first-order chi connectivity index (χ1) is 9.47. The van der Waals surface area contributed by atoms with Gasteiger partial charge in [0.05, 0.1) is 12.3 Å². The van der Waals surface area contributed by atoms with Crippen LogP contribution in [0.2, 0.25) is 0 Å². The van der Waals surface area contributed by atoms with E-state index in [2.05, 4.69) is 6.07 Å². The van der Waals surface area contributed by atoms with Gasteiger partial charge in [0.2, 0.25) is 5.91 Å². The first-order valence-electron chi connectivity index (χ1n) is 7.04. The summed E-state index contributed by atoms with van der Waals surface area (Å²) < 4.78 is 0. The molecule has 0 aromatic heterocycles. The smallest absolute Gasteiger partial charge is 0.308 e. The van der Waals surface area contributed by atoms with E-state index in [0.29, 0.717) is 25.9 Å². The third kappa shape index (κ3) is 3.38. The van der Waals surface area contributed by atoms with Crippen molar-refractivity contribution in [1.29, 1.82) is 0 Å². The molecule has 0 spiro atoms. The zero-order valence-electron chi connectivity index (χ0n) is 12.1. The third-order valence-electron chi connectivity index (χ3n) is 3.96. The summed E-state index contributed by atoms with van der Waals surface area (Å²) in [6.45, 7) is 5.05. The molecule has 1 fully saturated rings. The average Bonchev–Trinajstić information content (AvgIpc) is 2.42. The highest BCUT2D eigenvalue weighted by molar-refractivity contribution is 5.80. The van der Waals surface area contributed by atoms with E-state index in [-0.39, 0.29) is 5.91 Å². The summed E-state index contributed by atoms with van der Waals surface area (Å²) in [6, 6.07) is 6.06. The van der Waals surface area contributed by atoms with Gasteiger partial charge in [-0.05, 0) is 37.8 Å². The molecule has 1 saturated heterocycles. The van der Waals surface area contributed by atoms with Crippen LogP contribution in [0.4, 0.5) is 0 Å². The van der Waals surface area contributed by atoms with Gasteiger partial charge >= 0.3 is 5.97 Å². The third-order valence-corrected chi connectivity index (χ3v) is 3.96. The first kappa shape index (κ1) is 14.6. The normalized spacial score (nSPS) is 18.9. The zero-order valence-corrected chi connectivity index (χ0v) is 12.1. The highest BCUT2D eigenvalue weighted by atomic mass is 16.4.